The monoisotopic (exact) mass is 284 g/mol. The Morgan fingerprint density at radius 3 is 2.61 bits per heavy atom. The van der Waals surface area contributed by atoms with Gasteiger partial charge in [0.1, 0.15) is 0 Å². The standard InChI is InChI=1S/C11H6Cl2N2O3/c12-9-3-1-2-7(10(9)13)8-4-6(15(17)18)5-14-11(8)16/h1-5H,(H,14,16). The Labute approximate surface area is 111 Å². The maximum Gasteiger partial charge on any atom is 0.286 e. The molecule has 0 aliphatic heterocycles. The van der Waals surface area contributed by atoms with E-state index in [2.05, 4.69) is 4.98 Å². The molecule has 0 aliphatic carbocycles. The highest BCUT2D eigenvalue weighted by Gasteiger charge is 2.14. The van der Waals surface area contributed by atoms with Gasteiger partial charge in [0.25, 0.3) is 11.2 Å². The van der Waals surface area contributed by atoms with E-state index in [1.54, 1.807) is 18.2 Å². The molecule has 0 unspecified atom stereocenters. The van der Waals surface area contributed by atoms with Gasteiger partial charge in [0, 0.05) is 11.6 Å². The summed E-state index contributed by atoms with van der Waals surface area (Å²) in [4.78, 5) is 24.0. The van der Waals surface area contributed by atoms with Gasteiger partial charge in [0.15, 0.2) is 0 Å². The average Bonchev–Trinajstić information content (AvgIpc) is 2.33. The molecule has 2 aromatic rings. The minimum Gasteiger partial charge on any atom is -0.322 e. The van der Waals surface area contributed by atoms with E-state index in [0.29, 0.717) is 5.56 Å². The van der Waals surface area contributed by atoms with Crippen LogP contribution in [0.15, 0.2) is 35.3 Å². The zero-order chi connectivity index (χ0) is 13.3. The van der Waals surface area contributed by atoms with E-state index in [1.165, 1.54) is 0 Å². The molecule has 92 valence electrons. The molecule has 1 N–H and O–H groups in total. The number of halogens is 2. The highest BCUT2D eigenvalue weighted by Crippen LogP contribution is 2.32. The van der Waals surface area contributed by atoms with E-state index in [1.807, 2.05) is 0 Å². The van der Waals surface area contributed by atoms with Crippen LogP contribution in [0.4, 0.5) is 5.69 Å². The van der Waals surface area contributed by atoms with Crippen LogP contribution in [-0.2, 0) is 0 Å². The van der Waals surface area contributed by atoms with E-state index < -0.39 is 10.5 Å². The molecule has 18 heavy (non-hydrogen) atoms. The topological polar surface area (TPSA) is 76.0 Å². The summed E-state index contributed by atoms with van der Waals surface area (Å²) in [6, 6.07) is 5.92. The van der Waals surface area contributed by atoms with Gasteiger partial charge in [-0.25, -0.2) is 0 Å². The van der Waals surface area contributed by atoms with Crippen LogP contribution in [-0.4, -0.2) is 9.91 Å². The van der Waals surface area contributed by atoms with Crippen molar-refractivity contribution >= 4 is 28.9 Å². The smallest absolute Gasteiger partial charge is 0.286 e. The number of nitro groups is 1. The van der Waals surface area contributed by atoms with Gasteiger partial charge in [-0.05, 0) is 6.07 Å². The number of aromatic amines is 1. The van der Waals surface area contributed by atoms with E-state index in [4.69, 9.17) is 23.2 Å². The van der Waals surface area contributed by atoms with Crippen molar-refractivity contribution in [1.29, 1.82) is 0 Å². The Hall–Kier alpha value is -1.85. The molecular formula is C11H6Cl2N2O3. The van der Waals surface area contributed by atoms with Crippen LogP contribution in [0.5, 0.6) is 0 Å². The Morgan fingerprint density at radius 1 is 1.22 bits per heavy atom. The van der Waals surface area contributed by atoms with Crippen molar-refractivity contribution < 1.29 is 4.92 Å². The van der Waals surface area contributed by atoms with Crippen LogP contribution in [0.2, 0.25) is 10.0 Å². The van der Waals surface area contributed by atoms with E-state index >= 15 is 0 Å². The van der Waals surface area contributed by atoms with E-state index in [0.717, 1.165) is 12.3 Å². The first-order chi connectivity index (χ1) is 8.50. The Morgan fingerprint density at radius 2 is 1.94 bits per heavy atom. The van der Waals surface area contributed by atoms with Crippen molar-refractivity contribution in [2.24, 2.45) is 0 Å². The summed E-state index contributed by atoms with van der Waals surface area (Å²) in [5, 5.41) is 11.1. The number of hydrogen-bond donors (Lipinski definition) is 1. The lowest BCUT2D eigenvalue weighted by molar-refractivity contribution is -0.385. The lowest BCUT2D eigenvalue weighted by Crippen LogP contribution is -2.09. The molecule has 5 nitrogen and oxygen atoms in total. The molecule has 0 saturated carbocycles. The molecule has 1 aromatic carbocycles. The van der Waals surface area contributed by atoms with Crippen molar-refractivity contribution in [1.82, 2.24) is 4.98 Å². The predicted molar refractivity (Wildman–Crippen MR) is 69.2 cm³/mol. The number of aromatic nitrogens is 1. The molecule has 2 rings (SSSR count). The second-order valence-electron chi connectivity index (χ2n) is 3.46. The summed E-state index contributed by atoms with van der Waals surface area (Å²) in [6.45, 7) is 0. The molecule has 0 aliphatic rings. The number of nitrogens with one attached hydrogen (secondary N) is 1. The minimum atomic E-state index is -0.599. The second kappa shape index (κ2) is 4.80. The van der Waals surface area contributed by atoms with E-state index in [-0.39, 0.29) is 21.3 Å². The molecular weight excluding hydrogens is 279 g/mol. The quantitative estimate of drug-likeness (QED) is 0.679. The fourth-order valence-electron chi connectivity index (χ4n) is 1.49. The molecule has 0 saturated heterocycles. The fraction of sp³-hybridized carbons (Fsp3) is 0. The first kappa shape index (κ1) is 12.6. The number of H-pyrrole nitrogens is 1. The van der Waals surface area contributed by atoms with Crippen LogP contribution in [0, 0.1) is 10.1 Å². The minimum absolute atomic E-state index is 0.108. The first-order valence-electron chi connectivity index (χ1n) is 4.82. The van der Waals surface area contributed by atoms with Gasteiger partial charge < -0.3 is 4.98 Å². The first-order valence-corrected chi connectivity index (χ1v) is 5.58. The molecule has 0 radical (unpaired) electrons. The average molecular weight is 285 g/mol. The van der Waals surface area contributed by atoms with Crippen molar-refractivity contribution in [2.75, 3.05) is 0 Å². The normalized spacial score (nSPS) is 10.3. The zero-order valence-corrected chi connectivity index (χ0v) is 10.3. The lowest BCUT2D eigenvalue weighted by atomic mass is 10.1. The second-order valence-corrected chi connectivity index (χ2v) is 4.24. The van der Waals surface area contributed by atoms with Crippen molar-refractivity contribution in [3.05, 3.63) is 61.0 Å². The molecule has 0 atom stereocenters. The van der Waals surface area contributed by atoms with Gasteiger partial charge in [0.2, 0.25) is 0 Å². The Bertz CT molecular complexity index is 682. The van der Waals surface area contributed by atoms with E-state index in [9.17, 15) is 14.9 Å². The van der Waals surface area contributed by atoms with Gasteiger partial charge in [-0.2, -0.15) is 0 Å². The third-order valence-electron chi connectivity index (χ3n) is 2.34. The summed E-state index contributed by atoms with van der Waals surface area (Å²) < 4.78 is 0. The number of rotatable bonds is 2. The third kappa shape index (κ3) is 2.23. The number of benzene rings is 1. The van der Waals surface area contributed by atoms with Gasteiger partial charge in [-0.15, -0.1) is 0 Å². The summed E-state index contributed by atoms with van der Waals surface area (Å²) in [7, 11) is 0. The van der Waals surface area contributed by atoms with Crippen molar-refractivity contribution in [2.45, 2.75) is 0 Å². The van der Waals surface area contributed by atoms with Crippen molar-refractivity contribution in [3.63, 3.8) is 0 Å². The van der Waals surface area contributed by atoms with Gasteiger partial charge in [-0.1, -0.05) is 35.3 Å². The molecule has 1 aromatic heterocycles. The van der Waals surface area contributed by atoms with Crippen LogP contribution in [0.1, 0.15) is 0 Å². The van der Waals surface area contributed by atoms with Crippen LogP contribution < -0.4 is 5.56 Å². The molecule has 0 bridgehead atoms. The fourth-order valence-corrected chi connectivity index (χ4v) is 1.89. The third-order valence-corrected chi connectivity index (χ3v) is 3.16. The lowest BCUT2D eigenvalue weighted by Gasteiger charge is -2.04. The zero-order valence-electron chi connectivity index (χ0n) is 8.81. The summed E-state index contributed by atoms with van der Waals surface area (Å²) >= 11 is 11.8. The summed E-state index contributed by atoms with van der Waals surface area (Å²) in [5.74, 6) is 0. The van der Waals surface area contributed by atoms with Gasteiger partial charge >= 0.3 is 0 Å². The number of nitrogens with zero attached hydrogens (tertiary/aromatic N) is 1. The molecule has 0 spiro atoms. The summed E-state index contributed by atoms with van der Waals surface area (Å²) in [5.41, 5.74) is -0.226. The maximum absolute atomic E-state index is 11.7. The van der Waals surface area contributed by atoms with Gasteiger partial charge in [-0.3, -0.25) is 14.9 Å². The van der Waals surface area contributed by atoms with Crippen molar-refractivity contribution in [3.8, 4) is 11.1 Å². The van der Waals surface area contributed by atoms with Crippen LogP contribution in [0.3, 0.4) is 0 Å². The Balaban J connectivity index is 2.70. The molecule has 7 heteroatoms. The molecule has 0 amide bonds. The van der Waals surface area contributed by atoms with Crippen LogP contribution in [0.25, 0.3) is 11.1 Å². The number of hydrogen-bond acceptors (Lipinski definition) is 3. The Kier molecular flexibility index (Phi) is 3.36. The molecule has 1 heterocycles. The summed E-state index contributed by atoms with van der Waals surface area (Å²) in [6.07, 6.45) is 1.03. The van der Waals surface area contributed by atoms with Gasteiger partial charge in [0.05, 0.1) is 26.7 Å². The predicted octanol–water partition coefficient (Wildman–Crippen LogP) is 3.26. The maximum atomic E-state index is 11.7. The molecule has 0 fully saturated rings. The number of pyridine rings is 1. The largest absolute Gasteiger partial charge is 0.322 e. The SMILES string of the molecule is O=c1[nH]cc([N+](=O)[O-])cc1-c1cccc(Cl)c1Cl. The van der Waals surface area contributed by atoms with Crippen LogP contribution >= 0.6 is 23.2 Å². The highest BCUT2D eigenvalue weighted by molar-refractivity contribution is 6.43. The highest BCUT2D eigenvalue weighted by atomic mass is 35.5.